The van der Waals surface area contributed by atoms with Crippen LogP contribution in [0.25, 0.3) is 11.1 Å². The van der Waals surface area contributed by atoms with Gasteiger partial charge in [0.2, 0.25) is 0 Å². The first-order valence-corrected chi connectivity index (χ1v) is 10.2. The first-order valence-electron chi connectivity index (χ1n) is 10.2. The number of carbonyl (C=O) groups is 2. The highest BCUT2D eigenvalue weighted by atomic mass is 16.5. The summed E-state index contributed by atoms with van der Waals surface area (Å²) >= 11 is 0. The molecule has 0 bridgehead atoms. The summed E-state index contributed by atoms with van der Waals surface area (Å²) in [6.07, 6.45) is 0.678. The zero-order chi connectivity index (χ0) is 22.7. The molecule has 1 aliphatic rings. The Morgan fingerprint density at radius 1 is 1.16 bits per heavy atom. The third-order valence-electron chi connectivity index (χ3n) is 5.61. The topological polar surface area (TPSA) is 112 Å². The van der Waals surface area contributed by atoms with E-state index in [0.29, 0.717) is 11.1 Å². The van der Waals surface area contributed by atoms with Gasteiger partial charge in [-0.2, -0.15) is 5.26 Å². The molecule has 1 unspecified atom stereocenters. The maximum atomic E-state index is 12.4. The molecule has 1 atom stereocenters. The largest absolute Gasteiger partial charge is 0.480 e. The zero-order valence-corrected chi connectivity index (χ0v) is 17.4. The quantitative estimate of drug-likeness (QED) is 0.619. The third-order valence-corrected chi connectivity index (χ3v) is 5.61. The van der Waals surface area contributed by atoms with Crippen LogP contribution in [0.2, 0.25) is 0 Å². The molecular formula is C25H21N3O4. The van der Waals surface area contributed by atoms with Crippen LogP contribution in [0, 0.1) is 18.3 Å². The van der Waals surface area contributed by atoms with Gasteiger partial charge in [-0.3, -0.25) is 0 Å². The van der Waals surface area contributed by atoms with E-state index in [1.54, 1.807) is 13.0 Å². The Labute approximate surface area is 185 Å². The second-order valence-electron chi connectivity index (χ2n) is 7.69. The van der Waals surface area contributed by atoms with Crippen LogP contribution in [-0.2, 0) is 16.0 Å². The van der Waals surface area contributed by atoms with Gasteiger partial charge >= 0.3 is 12.1 Å². The molecule has 7 nitrogen and oxygen atoms in total. The Balaban J connectivity index is 1.43. The average Bonchev–Trinajstić information content (AvgIpc) is 3.11. The Hall–Kier alpha value is -4.18. The summed E-state index contributed by atoms with van der Waals surface area (Å²) in [4.78, 5) is 28.2. The Bertz CT molecular complexity index is 1190. The SMILES string of the molecule is Cc1cc(CC(NC(=O)OCC2c3ccccc3-c3ccccc32)C(=O)O)cnc1C#N. The number of carboxylic acid groups (broad SMARTS) is 1. The highest BCUT2D eigenvalue weighted by molar-refractivity contribution is 5.81. The molecule has 2 N–H and O–H groups in total. The van der Waals surface area contributed by atoms with E-state index < -0.39 is 18.1 Å². The lowest BCUT2D eigenvalue weighted by atomic mass is 9.98. The smallest absolute Gasteiger partial charge is 0.407 e. The van der Waals surface area contributed by atoms with Crippen molar-refractivity contribution in [3.05, 3.63) is 88.7 Å². The van der Waals surface area contributed by atoms with E-state index in [9.17, 15) is 14.7 Å². The van der Waals surface area contributed by atoms with Crippen molar-refractivity contribution in [3.63, 3.8) is 0 Å². The molecule has 1 amide bonds. The predicted octanol–water partition coefficient (Wildman–Crippen LogP) is 3.80. The molecule has 1 aromatic heterocycles. The molecule has 0 radical (unpaired) electrons. The number of nitrogens with one attached hydrogen (secondary N) is 1. The van der Waals surface area contributed by atoms with E-state index in [1.807, 2.05) is 54.6 Å². The monoisotopic (exact) mass is 427 g/mol. The molecular weight excluding hydrogens is 406 g/mol. The second kappa shape index (κ2) is 8.90. The summed E-state index contributed by atoms with van der Waals surface area (Å²) in [7, 11) is 0. The van der Waals surface area contributed by atoms with E-state index in [1.165, 1.54) is 6.20 Å². The molecule has 0 fully saturated rings. The number of carbonyl (C=O) groups excluding carboxylic acids is 1. The number of rotatable bonds is 6. The number of nitrogens with zero attached hydrogens (tertiary/aromatic N) is 2. The van der Waals surface area contributed by atoms with Crippen molar-refractivity contribution >= 4 is 12.1 Å². The fraction of sp³-hybridized carbons (Fsp3) is 0.200. The van der Waals surface area contributed by atoms with E-state index in [2.05, 4.69) is 10.3 Å². The molecule has 2 aromatic carbocycles. The normalized spacial score (nSPS) is 12.9. The van der Waals surface area contributed by atoms with Crippen molar-refractivity contribution in [2.24, 2.45) is 0 Å². The molecule has 7 heteroatoms. The van der Waals surface area contributed by atoms with Gasteiger partial charge in [-0.15, -0.1) is 0 Å². The van der Waals surface area contributed by atoms with Gasteiger partial charge in [0.1, 0.15) is 24.4 Å². The molecule has 4 rings (SSSR count). The number of alkyl carbamates (subject to hydrolysis) is 1. The van der Waals surface area contributed by atoms with Gasteiger partial charge in [-0.1, -0.05) is 54.6 Å². The minimum Gasteiger partial charge on any atom is -0.480 e. The highest BCUT2D eigenvalue weighted by Gasteiger charge is 2.29. The number of aromatic nitrogens is 1. The molecule has 0 aliphatic heterocycles. The van der Waals surface area contributed by atoms with Crippen molar-refractivity contribution in [2.45, 2.75) is 25.3 Å². The Kier molecular flexibility index (Phi) is 5.86. The molecule has 0 saturated heterocycles. The zero-order valence-electron chi connectivity index (χ0n) is 17.4. The molecule has 1 heterocycles. The fourth-order valence-corrected chi connectivity index (χ4v) is 4.08. The first kappa shape index (κ1) is 21.1. The summed E-state index contributed by atoms with van der Waals surface area (Å²) in [6, 6.07) is 18.5. The van der Waals surface area contributed by atoms with Crippen LogP contribution >= 0.6 is 0 Å². The number of pyridine rings is 1. The lowest BCUT2D eigenvalue weighted by molar-refractivity contribution is -0.139. The Morgan fingerprint density at radius 3 is 2.34 bits per heavy atom. The van der Waals surface area contributed by atoms with Gasteiger partial charge < -0.3 is 15.2 Å². The number of hydrogen-bond donors (Lipinski definition) is 2. The average molecular weight is 427 g/mol. The minimum absolute atomic E-state index is 0.0269. The van der Waals surface area contributed by atoms with Crippen LogP contribution in [0.4, 0.5) is 4.79 Å². The lowest BCUT2D eigenvalue weighted by Gasteiger charge is -2.17. The van der Waals surface area contributed by atoms with E-state index in [0.717, 1.165) is 22.3 Å². The summed E-state index contributed by atoms with van der Waals surface area (Å²) < 4.78 is 5.45. The molecule has 3 aromatic rings. The van der Waals surface area contributed by atoms with Crippen molar-refractivity contribution in [2.75, 3.05) is 6.61 Å². The number of carboxylic acids is 1. The fourth-order valence-electron chi connectivity index (χ4n) is 4.08. The summed E-state index contributed by atoms with van der Waals surface area (Å²) in [5.74, 6) is -1.29. The van der Waals surface area contributed by atoms with Gasteiger partial charge in [-0.25, -0.2) is 14.6 Å². The van der Waals surface area contributed by atoms with Crippen LogP contribution < -0.4 is 5.32 Å². The number of benzene rings is 2. The lowest BCUT2D eigenvalue weighted by Crippen LogP contribution is -2.43. The first-order chi connectivity index (χ1) is 15.5. The summed E-state index contributed by atoms with van der Waals surface area (Å²) in [6.45, 7) is 1.83. The van der Waals surface area contributed by atoms with Crippen LogP contribution in [0.5, 0.6) is 0 Å². The standard InChI is InChI=1S/C25H21N3O4/c1-15-10-16(13-27-23(15)12-26)11-22(24(29)30)28-25(31)32-14-21-19-8-4-2-6-17(19)18-7-3-5-9-20(18)21/h2-10,13,21-22H,11,14H2,1H3,(H,28,31)(H,29,30). The number of aliphatic carboxylic acids is 1. The number of aryl methyl sites for hydroxylation is 1. The van der Waals surface area contributed by atoms with Crippen molar-refractivity contribution in [1.82, 2.24) is 10.3 Å². The molecule has 1 aliphatic carbocycles. The van der Waals surface area contributed by atoms with Crippen LogP contribution in [0.1, 0.15) is 33.9 Å². The number of nitriles is 1. The van der Waals surface area contributed by atoms with Crippen molar-refractivity contribution in [1.29, 1.82) is 5.26 Å². The second-order valence-corrected chi connectivity index (χ2v) is 7.69. The maximum Gasteiger partial charge on any atom is 0.407 e. The van der Waals surface area contributed by atoms with E-state index in [-0.39, 0.29) is 24.6 Å². The summed E-state index contributed by atoms with van der Waals surface area (Å²) in [5, 5.41) is 21.0. The molecule has 32 heavy (non-hydrogen) atoms. The predicted molar refractivity (Wildman–Crippen MR) is 117 cm³/mol. The van der Waals surface area contributed by atoms with Gasteiger partial charge in [-0.05, 0) is 40.3 Å². The third kappa shape index (κ3) is 4.16. The van der Waals surface area contributed by atoms with Gasteiger partial charge in [0.05, 0.1) is 0 Å². The number of fused-ring (bicyclic) bond motifs is 3. The molecule has 0 saturated carbocycles. The Morgan fingerprint density at radius 2 is 1.78 bits per heavy atom. The van der Waals surface area contributed by atoms with E-state index >= 15 is 0 Å². The van der Waals surface area contributed by atoms with Gasteiger partial charge in [0.15, 0.2) is 0 Å². The minimum atomic E-state index is -1.18. The number of ether oxygens (including phenoxy) is 1. The molecule has 0 spiro atoms. The van der Waals surface area contributed by atoms with Crippen molar-refractivity contribution < 1.29 is 19.4 Å². The number of hydrogen-bond acceptors (Lipinski definition) is 5. The van der Waals surface area contributed by atoms with Crippen LogP contribution in [0.3, 0.4) is 0 Å². The van der Waals surface area contributed by atoms with Crippen LogP contribution in [-0.4, -0.2) is 34.8 Å². The molecule has 160 valence electrons. The van der Waals surface area contributed by atoms with Crippen molar-refractivity contribution in [3.8, 4) is 17.2 Å². The van der Waals surface area contributed by atoms with Gasteiger partial charge in [0.25, 0.3) is 0 Å². The van der Waals surface area contributed by atoms with E-state index in [4.69, 9.17) is 10.00 Å². The number of amides is 1. The summed E-state index contributed by atoms with van der Waals surface area (Å²) in [5.41, 5.74) is 5.92. The van der Waals surface area contributed by atoms with Gasteiger partial charge in [0, 0.05) is 18.5 Å². The van der Waals surface area contributed by atoms with Crippen LogP contribution in [0.15, 0.2) is 60.8 Å². The highest BCUT2D eigenvalue weighted by Crippen LogP contribution is 2.44. The maximum absolute atomic E-state index is 12.4.